The average molecular weight is 186 g/mol. The van der Waals surface area contributed by atoms with Crippen LogP contribution in [0.4, 0.5) is 0 Å². The number of hydrogen-bond donors (Lipinski definition) is 1. The quantitative estimate of drug-likeness (QED) is 0.666. The minimum Gasteiger partial charge on any atom is -0.364 e. The van der Waals surface area contributed by atoms with Crippen LogP contribution in [0, 0.1) is 0 Å². The summed E-state index contributed by atoms with van der Waals surface area (Å²) in [6, 6.07) is 0. The molecule has 1 aliphatic heterocycles. The lowest BCUT2D eigenvalue weighted by Crippen LogP contribution is -2.33. The van der Waals surface area contributed by atoms with Gasteiger partial charge >= 0.3 is 0 Å². The number of nitrogens with zero attached hydrogens (tertiary/aromatic N) is 1. The number of likely N-dealkylation sites (N-methyl/N-ethyl adjacent to an activating group) is 2. The SMILES string of the molecule is CNC(=O)C1CCC(CN(C)C)O1. The van der Waals surface area contributed by atoms with Gasteiger partial charge in [-0.2, -0.15) is 0 Å². The third-order valence-electron chi connectivity index (χ3n) is 2.22. The van der Waals surface area contributed by atoms with Crippen molar-refractivity contribution in [2.45, 2.75) is 25.0 Å². The maximum absolute atomic E-state index is 11.2. The van der Waals surface area contributed by atoms with Gasteiger partial charge in [0.05, 0.1) is 6.10 Å². The average Bonchev–Trinajstić information content (AvgIpc) is 2.50. The summed E-state index contributed by atoms with van der Waals surface area (Å²) >= 11 is 0. The molecule has 0 spiro atoms. The summed E-state index contributed by atoms with van der Waals surface area (Å²) in [5.41, 5.74) is 0. The maximum atomic E-state index is 11.2. The summed E-state index contributed by atoms with van der Waals surface area (Å²) in [5.74, 6) is 0.00116. The van der Waals surface area contributed by atoms with E-state index in [2.05, 4.69) is 10.2 Å². The van der Waals surface area contributed by atoms with Crippen LogP contribution in [0.15, 0.2) is 0 Å². The van der Waals surface area contributed by atoms with Crippen LogP contribution >= 0.6 is 0 Å². The van der Waals surface area contributed by atoms with Gasteiger partial charge in [-0.25, -0.2) is 0 Å². The van der Waals surface area contributed by atoms with E-state index in [9.17, 15) is 4.79 Å². The molecule has 0 aromatic rings. The molecule has 76 valence electrons. The largest absolute Gasteiger partial charge is 0.364 e. The minimum atomic E-state index is -0.227. The van der Waals surface area contributed by atoms with E-state index in [-0.39, 0.29) is 18.1 Å². The molecule has 4 nitrogen and oxygen atoms in total. The molecule has 1 rings (SSSR count). The molecule has 0 aliphatic carbocycles. The van der Waals surface area contributed by atoms with Crippen molar-refractivity contribution >= 4 is 5.91 Å². The van der Waals surface area contributed by atoms with Crippen molar-refractivity contribution in [3.05, 3.63) is 0 Å². The van der Waals surface area contributed by atoms with Gasteiger partial charge in [0, 0.05) is 13.6 Å². The molecule has 4 heteroatoms. The van der Waals surface area contributed by atoms with Crippen molar-refractivity contribution in [1.82, 2.24) is 10.2 Å². The highest BCUT2D eigenvalue weighted by molar-refractivity contribution is 5.80. The molecule has 0 saturated carbocycles. The Morgan fingerprint density at radius 1 is 1.54 bits per heavy atom. The van der Waals surface area contributed by atoms with E-state index < -0.39 is 0 Å². The fraction of sp³-hybridized carbons (Fsp3) is 0.889. The van der Waals surface area contributed by atoms with Gasteiger partial charge in [0.2, 0.25) is 5.91 Å². The highest BCUT2D eigenvalue weighted by Crippen LogP contribution is 2.19. The van der Waals surface area contributed by atoms with E-state index in [0.29, 0.717) is 0 Å². The van der Waals surface area contributed by atoms with E-state index in [1.807, 2.05) is 14.1 Å². The summed E-state index contributed by atoms with van der Waals surface area (Å²) in [7, 11) is 5.66. The predicted molar refractivity (Wildman–Crippen MR) is 50.5 cm³/mol. The van der Waals surface area contributed by atoms with Gasteiger partial charge in [0.15, 0.2) is 0 Å². The lowest BCUT2D eigenvalue weighted by molar-refractivity contribution is -0.131. The first-order valence-corrected chi connectivity index (χ1v) is 4.65. The lowest BCUT2D eigenvalue weighted by Gasteiger charge is -2.16. The van der Waals surface area contributed by atoms with Crippen LogP contribution in [0.25, 0.3) is 0 Å². The second kappa shape index (κ2) is 4.58. The molecule has 2 unspecified atom stereocenters. The van der Waals surface area contributed by atoms with Gasteiger partial charge in [0.1, 0.15) is 6.10 Å². The van der Waals surface area contributed by atoms with Crippen LogP contribution in [0.2, 0.25) is 0 Å². The monoisotopic (exact) mass is 186 g/mol. The number of amides is 1. The number of hydrogen-bond acceptors (Lipinski definition) is 3. The van der Waals surface area contributed by atoms with Crippen molar-refractivity contribution in [1.29, 1.82) is 0 Å². The zero-order chi connectivity index (χ0) is 9.84. The third-order valence-corrected chi connectivity index (χ3v) is 2.22. The number of carbonyl (C=O) groups excluding carboxylic acids is 1. The Labute approximate surface area is 79.2 Å². The van der Waals surface area contributed by atoms with Gasteiger partial charge in [-0.15, -0.1) is 0 Å². The van der Waals surface area contributed by atoms with Crippen LogP contribution < -0.4 is 5.32 Å². The van der Waals surface area contributed by atoms with E-state index in [1.165, 1.54) is 0 Å². The summed E-state index contributed by atoms with van der Waals surface area (Å²) in [6.07, 6.45) is 1.82. The van der Waals surface area contributed by atoms with Gasteiger partial charge < -0.3 is 15.0 Å². The molecule has 1 amide bonds. The molecule has 0 radical (unpaired) electrons. The molecule has 0 aromatic carbocycles. The normalized spacial score (nSPS) is 28.0. The van der Waals surface area contributed by atoms with Crippen molar-refractivity contribution in [2.75, 3.05) is 27.7 Å². The molecular formula is C9H18N2O2. The van der Waals surface area contributed by atoms with E-state index in [1.54, 1.807) is 7.05 Å². The maximum Gasteiger partial charge on any atom is 0.248 e. The van der Waals surface area contributed by atoms with Crippen molar-refractivity contribution in [3.63, 3.8) is 0 Å². The van der Waals surface area contributed by atoms with Crippen LogP contribution in [0.5, 0.6) is 0 Å². The first-order valence-electron chi connectivity index (χ1n) is 4.65. The van der Waals surface area contributed by atoms with Gasteiger partial charge in [-0.3, -0.25) is 4.79 Å². The van der Waals surface area contributed by atoms with Crippen LogP contribution in [-0.2, 0) is 9.53 Å². The third kappa shape index (κ3) is 2.97. The molecule has 13 heavy (non-hydrogen) atoms. The highest BCUT2D eigenvalue weighted by atomic mass is 16.5. The van der Waals surface area contributed by atoms with E-state index in [4.69, 9.17) is 4.74 Å². The molecule has 1 fully saturated rings. The summed E-state index contributed by atoms with van der Waals surface area (Å²) < 4.78 is 5.57. The molecule has 0 bridgehead atoms. The predicted octanol–water partition coefficient (Wildman–Crippen LogP) is -0.158. The Hall–Kier alpha value is -0.610. The van der Waals surface area contributed by atoms with Crippen LogP contribution in [-0.4, -0.2) is 50.7 Å². The number of rotatable bonds is 3. The van der Waals surface area contributed by atoms with Crippen molar-refractivity contribution in [3.8, 4) is 0 Å². The Kier molecular flexibility index (Phi) is 3.69. The van der Waals surface area contributed by atoms with Gasteiger partial charge in [0.25, 0.3) is 0 Å². The molecule has 1 aliphatic rings. The Balaban J connectivity index is 2.32. The van der Waals surface area contributed by atoms with E-state index >= 15 is 0 Å². The van der Waals surface area contributed by atoms with Crippen molar-refractivity contribution in [2.24, 2.45) is 0 Å². The minimum absolute atomic E-state index is 0.00116. The van der Waals surface area contributed by atoms with Crippen LogP contribution in [0.1, 0.15) is 12.8 Å². The molecule has 0 aromatic heterocycles. The van der Waals surface area contributed by atoms with Gasteiger partial charge in [-0.1, -0.05) is 0 Å². The molecule has 1 heterocycles. The Bertz CT molecular complexity index is 182. The zero-order valence-electron chi connectivity index (χ0n) is 8.54. The Morgan fingerprint density at radius 3 is 2.77 bits per heavy atom. The second-order valence-corrected chi connectivity index (χ2v) is 3.70. The first kappa shape index (κ1) is 10.5. The topological polar surface area (TPSA) is 41.6 Å². The standard InChI is InChI=1S/C9H18N2O2/c1-10-9(12)8-5-4-7(13-8)6-11(2)3/h7-8H,4-6H2,1-3H3,(H,10,12). The molecule has 2 atom stereocenters. The lowest BCUT2D eigenvalue weighted by atomic mass is 10.2. The number of carbonyl (C=O) groups is 1. The molecule has 1 N–H and O–H groups in total. The van der Waals surface area contributed by atoms with Crippen molar-refractivity contribution < 1.29 is 9.53 Å². The summed E-state index contributed by atoms with van der Waals surface area (Å²) in [4.78, 5) is 13.3. The second-order valence-electron chi connectivity index (χ2n) is 3.70. The summed E-state index contributed by atoms with van der Waals surface area (Å²) in [6.45, 7) is 0.896. The van der Waals surface area contributed by atoms with E-state index in [0.717, 1.165) is 19.4 Å². The Morgan fingerprint density at radius 2 is 2.23 bits per heavy atom. The highest BCUT2D eigenvalue weighted by Gasteiger charge is 2.29. The number of ether oxygens (including phenoxy) is 1. The fourth-order valence-corrected chi connectivity index (χ4v) is 1.60. The smallest absolute Gasteiger partial charge is 0.248 e. The molecular weight excluding hydrogens is 168 g/mol. The zero-order valence-corrected chi connectivity index (χ0v) is 8.54. The molecule has 1 saturated heterocycles. The number of nitrogens with one attached hydrogen (secondary N) is 1. The van der Waals surface area contributed by atoms with Crippen LogP contribution in [0.3, 0.4) is 0 Å². The van der Waals surface area contributed by atoms with Gasteiger partial charge in [-0.05, 0) is 26.9 Å². The first-order chi connectivity index (χ1) is 6.13. The summed E-state index contributed by atoms with van der Waals surface area (Å²) in [5, 5.41) is 2.60. The fourth-order valence-electron chi connectivity index (χ4n) is 1.60.